The Morgan fingerprint density at radius 1 is 1.07 bits per heavy atom. The molecule has 28 heavy (non-hydrogen) atoms. The third-order valence-electron chi connectivity index (χ3n) is 6.29. The minimum atomic E-state index is -0.423. The second-order valence-electron chi connectivity index (χ2n) is 8.20. The van der Waals surface area contributed by atoms with Crippen molar-refractivity contribution in [3.8, 4) is 5.75 Å². The first-order chi connectivity index (χ1) is 13.6. The van der Waals surface area contributed by atoms with E-state index in [9.17, 15) is 4.39 Å². The van der Waals surface area contributed by atoms with Crippen molar-refractivity contribution in [1.29, 1.82) is 0 Å². The normalized spacial score (nSPS) is 23.7. The average molecular weight is 379 g/mol. The molecule has 4 nitrogen and oxygen atoms in total. The van der Waals surface area contributed by atoms with Gasteiger partial charge in [-0.2, -0.15) is 5.01 Å². The molecular formula is C23H26FN3O. The fourth-order valence-corrected chi connectivity index (χ4v) is 4.69. The fourth-order valence-electron chi connectivity index (χ4n) is 4.69. The lowest BCUT2D eigenvalue weighted by molar-refractivity contribution is -0.161. The zero-order valence-electron chi connectivity index (χ0n) is 16.4. The molecule has 0 radical (unpaired) electrons. The van der Waals surface area contributed by atoms with Crippen LogP contribution in [0.2, 0.25) is 0 Å². The maximum Gasteiger partial charge on any atom is 0.182 e. The van der Waals surface area contributed by atoms with Gasteiger partial charge in [0.15, 0.2) is 5.72 Å². The minimum absolute atomic E-state index is 0.0326. The smallest absolute Gasteiger partial charge is 0.182 e. The summed E-state index contributed by atoms with van der Waals surface area (Å²) in [6.07, 6.45) is 3.94. The van der Waals surface area contributed by atoms with Crippen molar-refractivity contribution in [3.63, 3.8) is 0 Å². The largest absolute Gasteiger partial charge is 0.470 e. The van der Waals surface area contributed by atoms with Crippen LogP contribution in [0.5, 0.6) is 5.75 Å². The molecule has 1 N–H and O–H groups in total. The quantitative estimate of drug-likeness (QED) is 0.841. The van der Waals surface area contributed by atoms with Crippen molar-refractivity contribution in [2.45, 2.75) is 44.5 Å². The van der Waals surface area contributed by atoms with E-state index in [4.69, 9.17) is 4.74 Å². The summed E-state index contributed by atoms with van der Waals surface area (Å²) < 4.78 is 21.1. The van der Waals surface area contributed by atoms with Crippen LogP contribution in [0.15, 0.2) is 54.6 Å². The lowest BCUT2D eigenvalue weighted by Gasteiger charge is -2.52. The van der Waals surface area contributed by atoms with Crippen LogP contribution < -0.4 is 10.2 Å². The molecule has 3 aliphatic rings. The van der Waals surface area contributed by atoms with Gasteiger partial charge in [0.1, 0.15) is 11.6 Å². The molecule has 0 unspecified atom stereocenters. The Labute approximate surface area is 165 Å². The highest BCUT2D eigenvalue weighted by molar-refractivity contribution is 5.68. The standard InChI is InChI=1S/C23H26FN3O/c1-16(2)26-13-11-23(12-14-26)27-21(18-8-4-6-10-22(18)28-23)15-20(25-27)17-7-3-5-9-19(17)24/h3-10,15-16,21,25H,11-14H2,1-2H3/t21-/m0/s1. The molecule has 1 saturated heterocycles. The molecule has 0 aliphatic carbocycles. The Morgan fingerprint density at radius 2 is 1.79 bits per heavy atom. The highest BCUT2D eigenvalue weighted by Gasteiger charge is 2.51. The van der Waals surface area contributed by atoms with Gasteiger partial charge in [-0.1, -0.05) is 30.3 Å². The molecule has 3 aliphatic heterocycles. The maximum absolute atomic E-state index is 14.5. The second kappa shape index (κ2) is 6.61. The SMILES string of the molecule is CC(C)N1CCC2(CC1)Oc1ccccc1[C@@H]1C=C(c3ccccc3F)NN12. The summed E-state index contributed by atoms with van der Waals surface area (Å²) in [5.74, 6) is 0.730. The number of para-hydroxylation sites is 1. The van der Waals surface area contributed by atoms with Crippen LogP contribution >= 0.6 is 0 Å². The monoisotopic (exact) mass is 379 g/mol. The van der Waals surface area contributed by atoms with Gasteiger partial charge in [-0.25, -0.2) is 4.39 Å². The molecule has 0 amide bonds. The highest BCUT2D eigenvalue weighted by Crippen LogP contribution is 2.48. The third kappa shape index (κ3) is 2.73. The van der Waals surface area contributed by atoms with Gasteiger partial charge in [0, 0.05) is 43.1 Å². The van der Waals surface area contributed by atoms with Crippen molar-refractivity contribution in [2.75, 3.05) is 13.1 Å². The van der Waals surface area contributed by atoms with E-state index in [-0.39, 0.29) is 11.9 Å². The zero-order valence-corrected chi connectivity index (χ0v) is 16.4. The maximum atomic E-state index is 14.5. The number of nitrogens with zero attached hydrogens (tertiary/aromatic N) is 2. The number of rotatable bonds is 2. The van der Waals surface area contributed by atoms with E-state index in [1.54, 1.807) is 6.07 Å². The Kier molecular flexibility index (Phi) is 4.18. The van der Waals surface area contributed by atoms with Crippen molar-refractivity contribution in [2.24, 2.45) is 0 Å². The number of ether oxygens (including phenoxy) is 1. The predicted octanol–water partition coefficient (Wildman–Crippen LogP) is 4.32. The number of piperidine rings is 1. The van der Waals surface area contributed by atoms with Gasteiger partial charge in [0.2, 0.25) is 0 Å². The summed E-state index contributed by atoms with van der Waals surface area (Å²) in [7, 11) is 0. The molecule has 5 heteroatoms. The van der Waals surface area contributed by atoms with Crippen LogP contribution in [0.25, 0.3) is 5.70 Å². The summed E-state index contributed by atoms with van der Waals surface area (Å²) in [6, 6.07) is 15.7. The van der Waals surface area contributed by atoms with Gasteiger partial charge in [0.05, 0.1) is 11.7 Å². The molecule has 0 bridgehead atoms. The van der Waals surface area contributed by atoms with Gasteiger partial charge in [-0.05, 0) is 38.1 Å². The summed E-state index contributed by atoms with van der Waals surface area (Å²) in [4.78, 5) is 2.49. The first-order valence-corrected chi connectivity index (χ1v) is 10.1. The van der Waals surface area contributed by atoms with Crippen LogP contribution in [0.3, 0.4) is 0 Å². The van der Waals surface area contributed by atoms with Crippen molar-refractivity contribution in [1.82, 2.24) is 15.3 Å². The Hall–Kier alpha value is -2.37. The molecule has 0 aromatic heterocycles. The molecule has 3 heterocycles. The molecule has 0 saturated carbocycles. The number of nitrogens with one attached hydrogen (secondary N) is 1. The van der Waals surface area contributed by atoms with Gasteiger partial charge in [-0.15, -0.1) is 0 Å². The van der Waals surface area contributed by atoms with Crippen molar-refractivity contribution in [3.05, 3.63) is 71.6 Å². The molecule has 5 rings (SSSR count). The van der Waals surface area contributed by atoms with Crippen LogP contribution in [0.1, 0.15) is 43.9 Å². The van der Waals surface area contributed by atoms with Crippen LogP contribution in [-0.2, 0) is 0 Å². The number of hydrazine groups is 1. The van der Waals surface area contributed by atoms with E-state index in [0.717, 1.165) is 42.9 Å². The average Bonchev–Trinajstić information content (AvgIpc) is 3.15. The number of hydrogen-bond acceptors (Lipinski definition) is 4. The van der Waals surface area contributed by atoms with E-state index in [1.807, 2.05) is 24.3 Å². The summed E-state index contributed by atoms with van der Waals surface area (Å²) in [6.45, 7) is 6.45. The van der Waals surface area contributed by atoms with Gasteiger partial charge >= 0.3 is 0 Å². The van der Waals surface area contributed by atoms with Crippen LogP contribution in [0.4, 0.5) is 4.39 Å². The number of halogens is 1. The summed E-state index contributed by atoms with van der Waals surface area (Å²) >= 11 is 0. The van der Waals surface area contributed by atoms with Crippen LogP contribution in [0, 0.1) is 5.82 Å². The molecule has 1 fully saturated rings. The van der Waals surface area contributed by atoms with E-state index < -0.39 is 5.72 Å². The van der Waals surface area contributed by atoms with E-state index in [0.29, 0.717) is 11.6 Å². The Morgan fingerprint density at radius 3 is 2.54 bits per heavy atom. The first kappa shape index (κ1) is 17.7. The number of likely N-dealkylation sites (tertiary alicyclic amines) is 1. The van der Waals surface area contributed by atoms with Gasteiger partial charge in [0.25, 0.3) is 0 Å². The van der Waals surface area contributed by atoms with Crippen LogP contribution in [-0.4, -0.2) is 34.8 Å². The van der Waals surface area contributed by atoms with Gasteiger partial charge in [-0.3, -0.25) is 0 Å². The predicted molar refractivity (Wildman–Crippen MR) is 108 cm³/mol. The third-order valence-corrected chi connectivity index (χ3v) is 6.29. The fraction of sp³-hybridized carbons (Fsp3) is 0.391. The topological polar surface area (TPSA) is 27.7 Å². The first-order valence-electron chi connectivity index (χ1n) is 10.1. The molecule has 2 aromatic rings. The van der Waals surface area contributed by atoms with Crippen molar-refractivity contribution < 1.29 is 9.13 Å². The number of benzene rings is 2. The van der Waals surface area contributed by atoms with Crippen molar-refractivity contribution >= 4 is 5.70 Å². The summed E-state index contributed by atoms with van der Waals surface area (Å²) in [5.41, 5.74) is 5.62. The number of fused-ring (bicyclic) bond motifs is 4. The minimum Gasteiger partial charge on any atom is -0.470 e. The molecule has 146 valence electrons. The van der Waals surface area contributed by atoms with E-state index in [1.165, 1.54) is 6.07 Å². The number of hydrogen-bond donors (Lipinski definition) is 1. The molecule has 2 aromatic carbocycles. The molecule has 1 spiro atoms. The van der Waals surface area contributed by atoms with E-state index in [2.05, 4.69) is 47.4 Å². The van der Waals surface area contributed by atoms with Gasteiger partial charge < -0.3 is 15.1 Å². The molecule has 1 atom stereocenters. The lowest BCUT2D eigenvalue weighted by atomic mass is 9.92. The summed E-state index contributed by atoms with van der Waals surface area (Å²) in [5, 5.41) is 2.22. The zero-order chi connectivity index (χ0) is 19.3. The molecular weight excluding hydrogens is 353 g/mol. The lowest BCUT2D eigenvalue weighted by Crippen LogP contribution is -2.64. The Bertz CT molecular complexity index is 918. The Balaban J connectivity index is 1.54. The second-order valence-corrected chi connectivity index (χ2v) is 8.20. The highest BCUT2D eigenvalue weighted by atomic mass is 19.1. The van der Waals surface area contributed by atoms with E-state index >= 15 is 0 Å².